The van der Waals surface area contributed by atoms with E-state index in [0.29, 0.717) is 30.1 Å². The molecule has 0 aromatic heterocycles. The molecule has 0 spiro atoms. The van der Waals surface area contributed by atoms with Crippen LogP contribution in [0.1, 0.15) is 16.7 Å². The van der Waals surface area contributed by atoms with Gasteiger partial charge in [-0.3, -0.25) is 4.79 Å². The summed E-state index contributed by atoms with van der Waals surface area (Å²) in [5.74, 6) is -0.287. The van der Waals surface area contributed by atoms with Gasteiger partial charge in [0, 0.05) is 5.56 Å². The molecular weight excluding hydrogens is 467 g/mol. The number of fused-ring (bicyclic) bond motifs is 1. The number of rotatable bonds is 9. The molecule has 4 rings (SSSR count). The van der Waals surface area contributed by atoms with Crippen molar-refractivity contribution in [2.75, 3.05) is 12.4 Å². The number of ether oxygens (including phenoxy) is 2. The van der Waals surface area contributed by atoms with Crippen molar-refractivity contribution in [1.82, 2.24) is 0 Å². The molecule has 6 heteroatoms. The van der Waals surface area contributed by atoms with Crippen molar-refractivity contribution in [3.05, 3.63) is 120 Å². The predicted octanol–water partition coefficient (Wildman–Crippen LogP) is 6.84. The van der Waals surface area contributed by atoms with Crippen LogP contribution in [0.4, 0.5) is 10.1 Å². The van der Waals surface area contributed by atoms with E-state index in [1.54, 1.807) is 18.2 Å². The number of anilines is 1. The van der Waals surface area contributed by atoms with Crippen molar-refractivity contribution >= 4 is 28.4 Å². The fraction of sp³-hybridized carbons (Fsp3) is 0.0968. The summed E-state index contributed by atoms with van der Waals surface area (Å²) in [5, 5.41) is 14.3. The lowest BCUT2D eigenvalue weighted by Crippen LogP contribution is -2.14. The van der Waals surface area contributed by atoms with Crippen molar-refractivity contribution < 1.29 is 18.7 Å². The number of nitrogens with one attached hydrogen (secondary N) is 1. The second-order valence-electron chi connectivity index (χ2n) is 8.28. The first kappa shape index (κ1) is 25.2. The van der Waals surface area contributed by atoms with Crippen molar-refractivity contribution in [2.45, 2.75) is 13.0 Å². The van der Waals surface area contributed by atoms with E-state index in [1.807, 2.05) is 30.3 Å². The number of nitrogens with zero attached hydrogens (tertiary/aromatic N) is 1. The summed E-state index contributed by atoms with van der Waals surface area (Å²) in [6.07, 6.45) is 3.65. The Morgan fingerprint density at radius 1 is 1.05 bits per heavy atom. The Morgan fingerprint density at radius 3 is 2.54 bits per heavy atom. The summed E-state index contributed by atoms with van der Waals surface area (Å²) in [6.45, 7) is 4.16. The second-order valence-corrected chi connectivity index (χ2v) is 8.28. The molecule has 1 N–H and O–H groups in total. The van der Waals surface area contributed by atoms with Gasteiger partial charge in [-0.2, -0.15) is 5.26 Å². The molecule has 0 saturated carbocycles. The summed E-state index contributed by atoms with van der Waals surface area (Å²) in [5.41, 5.74) is 2.17. The third kappa shape index (κ3) is 6.03. The minimum absolute atomic E-state index is 0.00369. The lowest BCUT2D eigenvalue weighted by atomic mass is 10.0. The van der Waals surface area contributed by atoms with Crippen LogP contribution in [-0.2, 0) is 17.8 Å². The monoisotopic (exact) mass is 492 g/mol. The number of allylic oxidation sites excluding steroid dienone is 1. The molecule has 0 radical (unpaired) electrons. The number of hydrogen-bond donors (Lipinski definition) is 1. The van der Waals surface area contributed by atoms with E-state index in [4.69, 9.17) is 9.47 Å². The third-order valence-electron chi connectivity index (χ3n) is 5.73. The second kappa shape index (κ2) is 11.7. The quantitative estimate of drug-likeness (QED) is 0.158. The first-order valence-electron chi connectivity index (χ1n) is 11.6. The van der Waals surface area contributed by atoms with Crippen LogP contribution in [0.25, 0.3) is 16.8 Å². The molecule has 37 heavy (non-hydrogen) atoms. The Kier molecular flexibility index (Phi) is 7.97. The maximum absolute atomic E-state index is 13.9. The first-order valence-corrected chi connectivity index (χ1v) is 11.6. The highest BCUT2D eigenvalue weighted by atomic mass is 19.1. The van der Waals surface area contributed by atoms with Crippen molar-refractivity contribution in [1.29, 1.82) is 5.26 Å². The van der Waals surface area contributed by atoms with Crippen molar-refractivity contribution in [3.63, 3.8) is 0 Å². The summed E-state index contributed by atoms with van der Waals surface area (Å²) in [7, 11) is 1.53. The van der Waals surface area contributed by atoms with Crippen LogP contribution in [0.2, 0.25) is 0 Å². The van der Waals surface area contributed by atoms with Crippen LogP contribution in [-0.4, -0.2) is 13.0 Å². The van der Waals surface area contributed by atoms with Crippen LogP contribution in [0.3, 0.4) is 0 Å². The van der Waals surface area contributed by atoms with E-state index in [9.17, 15) is 14.4 Å². The molecule has 184 valence electrons. The van der Waals surface area contributed by atoms with Crippen molar-refractivity contribution in [2.24, 2.45) is 0 Å². The molecule has 0 aliphatic rings. The summed E-state index contributed by atoms with van der Waals surface area (Å²) in [4.78, 5) is 12.6. The maximum atomic E-state index is 13.9. The molecule has 0 saturated heterocycles. The molecule has 4 aromatic rings. The van der Waals surface area contributed by atoms with Gasteiger partial charge in [0.25, 0.3) is 5.91 Å². The highest BCUT2D eigenvalue weighted by Crippen LogP contribution is 2.35. The number of halogens is 1. The van der Waals surface area contributed by atoms with Gasteiger partial charge >= 0.3 is 0 Å². The number of carbonyl (C=O) groups excluding carboxylic acids is 1. The molecule has 0 atom stereocenters. The number of para-hydroxylation sites is 1. The number of benzene rings is 4. The molecule has 4 aromatic carbocycles. The summed E-state index contributed by atoms with van der Waals surface area (Å²) >= 11 is 0. The molecular formula is C31H25FN2O3. The van der Waals surface area contributed by atoms with Crippen LogP contribution >= 0.6 is 0 Å². The number of nitriles is 1. The fourth-order valence-corrected chi connectivity index (χ4v) is 3.94. The third-order valence-corrected chi connectivity index (χ3v) is 5.73. The smallest absolute Gasteiger partial charge is 0.266 e. The molecule has 0 fully saturated rings. The Morgan fingerprint density at radius 2 is 1.81 bits per heavy atom. The highest BCUT2D eigenvalue weighted by Gasteiger charge is 2.16. The number of carbonyl (C=O) groups is 1. The van der Waals surface area contributed by atoms with Crippen LogP contribution < -0.4 is 14.8 Å². The van der Waals surface area contributed by atoms with Crippen LogP contribution in [0.15, 0.2) is 97.1 Å². The minimum Gasteiger partial charge on any atom is -0.493 e. The van der Waals surface area contributed by atoms with Gasteiger partial charge in [0.1, 0.15) is 24.1 Å². The van der Waals surface area contributed by atoms with E-state index in [2.05, 4.69) is 36.2 Å². The topological polar surface area (TPSA) is 71.4 Å². The molecule has 1 amide bonds. The van der Waals surface area contributed by atoms with Gasteiger partial charge in [0.05, 0.1) is 12.8 Å². The molecule has 0 unspecified atom stereocenters. The van der Waals surface area contributed by atoms with E-state index < -0.39 is 11.7 Å². The van der Waals surface area contributed by atoms with Crippen LogP contribution in [0.5, 0.6) is 11.5 Å². The van der Waals surface area contributed by atoms with E-state index >= 15 is 0 Å². The van der Waals surface area contributed by atoms with Gasteiger partial charge in [-0.05, 0) is 64.7 Å². The van der Waals surface area contributed by atoms with Gasteiger partial charge in [-0.25, -0.2) is 4.39 Å². The fourth-order valence-electron chi connectivity index (χ4n) is 3.94. The normalized spacial score (nSPS) is 11.0. The standard InChI is InChI=1S/C31H25FN2O3/c1-3-8-25-16-22(17-26(19-33)31(35)34-28-12-7-6-11-27(28)32)18-29(36-2)30(25)37-20-21-13-14-23-9-4-5-10-24(23)15-21/h3-7,9-18H,1,8,20H2,2H3,(H,34,35)/b26-17-. The zero-order chi connectivity index (χ0) is 26.2. The van der Waals surface area contributed by atoms with Gasteiger partial charge in [-0.15, -0.1) is 6.58 Å². The molecule has 0 heterocycles. The maximum Gasteiger partial charge on any atom is 0.266 e. The molecule has 5 nitrogen and oxygen atoms in total. The summed E-state index contributed by atoms with van der Waals surface area (Å²) < 4.78 is 25.7. The number of hydrogen-bond acceptors (Lipinski definition) is 4. The Hall–Kier alpha value is -4.89. The van der Waals surface area contributed by atoms with E-state index in [-0.39, 0.29) is 11.3 Å². The molecule has 0 bridgehead atoms. The molecule has 0 aliphatic carbocycles. The number of methoxy groups -OCH3 is 1. The number of amides is 1. The van der Waals surface area contributed by atoms with E-state index in [1.165, 1.54) is 31.4 Å². The van der Waals surface area contributed by atoms with Gasteiger partial charge in [0.2, 0.25) is 0 Å². The highest BCUT2D eigenvalue weighted by molar-refractivity contribution is 6.09. The van der Waals surface area contributed by atoms with Gasteiger partial charge in [0.15, 0.2) is 11.5 Å². The predicted molar refractivity (Wildman–Crippen MR) is 144 cm³/mol. The SMILES string of the molecule is C=CCc1cc(/C=C(/C#N)C(=O)Nc2ccccc2F)cc(OC)c1OCc1ccc2ccccc2c1. The van der Waals surface area contributed by atoms with Gasteiger partial charge in [-0.1, -0.05) is 54.6 Å². The lowest BCUT2D eigenvalue weighted by Gasteiger charge is -2.16. The van der Waals surface area contributed by atoms with Crippen LogP contribution in [0, 0.1) is 17.1 Å². The largest absolute Gasteiger partial charge is 0.493 e. The summed E-state index contributed by atoms with van der Waals surface area (Å²) in [6, 6.07) is 25.4. The Bertz CT molecular complexity index is 1540. The Balaban J connectivity index is 1.61. The zero-order valence-electron chi connectivity index (χ0n) is 20.3. The van der Waals surface area contributed by atoms with E-state index in [0.717, 1.165) is 21.9 Å². The zero-order valence-corrected chi connectivity index (χ0v) is 20.3. The lowest BCUT2D eigenvalue weighted by molar-refractivity contribution is -0.112. The first-order chi connectivity index (χ1) is 18.0. The minimum atomic E-state index is -0.714. The average Bonchev–Trinajstić information content (AvgIpc) is 2.92. The van der Waals surface area contributed by atoms with Crippen molar-refractivity contribution in [3.8, 4) is 17.6 Å². The van der Waals surface area contributed by atoms with Gasteiger partial charge < -0.3 is 14.8 Å². The average molecular weight is 493 g/mol. The Labute approximate surface area is 215 Å². The molecule has 0 aliphatic heterocycles.